The molecule has 166 valence electrons. The Kier molecular flexibility index (Phi) is 7.79. The average Bonchev–Trinajstić information content (AvgIpc) is 2.75. The highest BCUT2D eigenvalue weighted by molar-refractivity contribution is 5.82. The van der Waals surface area contributed by atoms with Gasteiger partial charge in [0.2, 0.25) is 5.91 Å². The maximum absolute atomic E-state index is 12.8. The van der Waals surface area contributed by atoms with E-state index in [1.54, 1.807) is 0 Å². The number of hydrogen-bond acceptors (Lipinski definition) is 4. The first kappa shape index (κ1) is 22.3. The molecule has 0 bridgehead atoms. The zero-order valence-electron chi connectivity index (χ0n) is 18.8. The van der Waals surface area contributed by atoms with Crippen molar-refractivity contribution in [2.75, 3.05) is 53.0 Å². The topological polar surface area (TPSA) is 66.4 Å². The van der Waals surface area contributed by atoms with Gasteiger partial charge in [-0.3, -0.25) is 9.79 Å². The van der Waals surface area contributed by atoms with Crippen molar-refractivity contribution in [3.63, 3.8) is 0 Å². The summed E-state index contributed by atoms with van der Waals surface area (Å²) in [6, 6.07) is 0.375. The van der Waals surface area contributed by atoms with E-state index in [1.807, 2.05) is 11.9 Å². The number of amides is 1. The van der Waals surface area contributed by atoms with Crippen LogP contribution in [-0.4, -0.2) is 86.9 Å². The molecule has 1 aliphatic carbocycles. The number of rotatable bonds is 6. The molecule has 29 heavy (non-hydrogen) atoms. The predicted octanol–water partition coefficient (Wildman–Crippen LogP) is 2.12. The minimum Gasteiger partial charge on any atom is -0.378 e. The number of guanidine groups is 1. The van der Waals surface area contributed by atoms with Crippen LogP contribution in [0.25, 0.3) is 0 Å². The largest absolute Gasteiger partial charge is 0.378 e. The SMILES string of the molecule is CCCCOC1CC(NC(=NC)N2CCC(C(=O)N3CCOCC3)CC2)C1(C)C. The monoisotopic (exact) mass is 408 g/mol. The van der Waals surface area contributed by atoms with Crippen LogP contribution in [0.3, 0.4) is 0 Å². The van der Waals surface area contributed by atoms with E-state index < -0.39 is 0 Å². The molecule has 3 fully saturated rings. The Morgan fingerprint density at radius 3 is 2.45 bits per heavy atom. The molecule has 7 heteroatoms. The summed E-state index contributed by atoms with van der Waals surface area (Å²) in [7, 11) is 1.86. The van der Waals surface area contributed by atoms with Crippen molar-refractivity contribution in [1.29, 1.82) is 0 Å². The Morgan fingerprint density at radius 1 is 1.17 bits per heavy atom. The second-order valence-corrected chi connectivity index (χ2v) is 9.21. The minimum absolute atomic E-state index is 0.105. The number of ether oxygens (including phenoxy) is 2. The lowest BCUT2D eigenvalue weighted by molar-refractivity contribution is -0.140. The molecule has 1 amide bonds. The van der Waals surface area contributed by atoms with Crippen LogP contribution in [0.4, 0.5) is 0 Å². The lowest BCUT2D eigenvalue weighted by Crippen LogP contribution is -2.64. The van der Waals surface area contributed by atoms with Crippen molar-refractivity contribution >= 4 is 11.9 Å². The van der Waals surface area contributed by atoms with Gasteiger partial charge in [0.05, 0.1) is 19.3 Å². The third-order valence-corrected chi connectivity index (χ3v) is 6.98. The van der Waals surface area contributed by atoms with Crippen molar-refractivity contribution in [3.05, 3.63) is 0 Å². The molecule has 0 radical (unpaired) electrons. The second kappa shape index (κ2) is 10.1. The maximum Gasteiger partial charge on any atom is 0.225 e. The molecule has 2 atom stereocenters. The molecule has 2 saturated heterocycles. The average molecular weight is 409 g/mol. The number of aliphatic imine (C=N–C) groups is 1. The number of carbonyl (C=O) groups is 1. The fourth-order valence-corrected chi connectivity index (χ4v) is 4.62. The van der Waals surface area contributed by atoms with Crippen molar-refractivity contribution in [1.82, 2.24) is 15.1 Å². The highest BCUT2D eigenvalue weighted by atomic mass is 16.5. The van der Waals surface area contributed by atoms with E-state index >= 15 is 0 Å². The lowest BCUT2D eigenvalue weighted by atomic mass is 9.64. The van der Waals surface area contributed by atoms with Crippen molar-refractivity contribution < 1.29 is 14.3 Å². The Labute approximate surface area is 176 Å². The van der Waals surface area contributed by atoms with Gasteiger partial charge in [0.25, 0.3) is 0 Å². The smallest absolute Gasteiger partial charge is 0.225 e. The Bertz CT molecular complexity index is 566. The fourth-order valence-electron chi connectivity index (χ4n) is 4.62. The van der Waals surface area contributed by atoms with E-state index in [0.29, 0.717) is 31.3 Å². The van der Waals surface area contributed by atoms with Gasteiger partial charge < -0.3 is 24.6 Å². The van der Waals surface area contributed by atoms with Crippen LogP contribution >= 0.6 is 0 Å². The summed E-state index contributed by atoms with van der Waals surface area (Å²) < 4.78 is 11.4. The molecular formula is C22H40N4O3. The molecule has 2 heterocycles. The van der Waals surface area contributed by atoms with Gasteiger partial charge in [0.1, 0.15) is 0 Å². The van der Waals surface area contributed by atoms with Crippen molar-refractivity contribution in [3.8, 4) is 0 Å². The van der Waals surface area contributed by atoms with Crippen LogP contribution in [0.1, 0.15) is 52.9 Å². The van der Waals surface area contributed by atoms with E-state index in [-0.39, 0.29) is 11.3 Å². The number of nitrogens with zero attached hydrogens (tertiary/aromatic N) is 3. The summed E-state index contributed by atoms with van der Waals surface area (Å²) >= 11 is 0. The van der Waals surface area contributed by atoms with E-state index in [0.717, 1.165) is 64.4 Å². The number of nitrogens with one attached hydrogen (secondary N) is 1. The van der Waals surface area contributed by atoms with Crippen LogP contribution in [-0.2, 0) is 14.3 Å². The third kappa shape index (κ3) is 5.23. The first-order valence-corrected chi connectivity index (χ1v) is 11.4. The van der Waals surface area contributed by atoms with E-state index in [4.69, 9.17) is 9.47 Å². The van der Waals surface area contributed by atoms with E-state index in [1.165, 1.54) is 6.42 Å². The highest BCUT2D eigenvalue weighted by Gasteiger charge is 2.49. The minimum atomic E-state index is 0.105. The third-order valence-electron chi connectivity index (χ3n) is 6.98. The normalized spacial score (nSPS) is 28.2. The zero-order valence-corrected chi connectivity index (χ0v) is 18.8. The quantitative estimate of drug-likeness (QED) is 0.414. The van der Waals surface area contributed by atoms with Crippen LogP contribution < -0.4 is 5.32 Å². The first-order chi connectivity index (χ1) is 14.0. The van der Waals surface area contributed by atoms with Crippen LogP contribution in [0, 0.1) is 11.3 Å². The van der Waals surface area contributed by atoms with Crippen LogP contribution in [0.5, 0.6) is 0 Å². The lowest BCUT2D eigenvalue weighted by Gasteiger charge is -2.52. The number of unbranched alkanes of at least 4 members (excludes halogenated alkanes) is 1. The molecule has 1 saturated carbocycles. The van der Waals surface area contributed by atoms with Crippen molar-refractivity contribution in [2.24, 2.45) is 16.3 Å². The van der Waals surface area contributed by atoms with Gasteiger partial charge in [-0.15, -0.1) is 0 Å². The summed E-state index contributed by atoms with van der Waals surface area (Å²) in [6.07, 6.45) is 5.44. The van der Waals surface area contributed by atoms with Gasteiger partial charge in [-0.2, -0.15) is 0 Å². The maximum atomic E-state index is 12.8. The Hall–Kier alpha value is -1.34. The van der Waals surface area contributed by atoms with Gasteiger partial charge in [-0.25, -0.2) is 0 Å². The van der Waals surface area contributed by atoms with Gasteiger partial charge in [0.15, 0.2) is 5.96 Å². The van der Waals surface area contributed by atoms with E-state index in [2.05, 4.69) is 36.0 Å². The zero-order chi connectivity index (χ0) is 20.9. The summed E-state index contributed by atoms with van der Waals surface area (Å²) in [5.41, 5.74) is 0.105. The van der Waals surface area contributed by atoms with Gasteiger partial charge >= 0.3 is 0 Å². The first-order valence-electron chi connectivity index (χ1n) is 11.4. The summed E-state index contributed by atoms with van der Waals surface area (Å²) in [5.74, 6) is 1.41. The number of piperidine rings is 1. The molecular weight excluding hydrogens is 368 g/mol. The molecule has 0 aromatic carbocycles. The molecule has 3 aliphatic rings. The summed E-state index contributed by atoms with van der Waals surface area (Å²) in [4.78, 5) is 21.6. The Balaban J connectivity index is 1.45. The standard InChI is InChI=1S/C22H40N4O3/c1-5-6-13-29-19-16-18(22(19,2)3)24-21(23-4)26-9-7-17(8-10-26)20(27)25-11-14-28-15-12-25/h17-19H,5-16H2,1-4H3,(H,23,24). The molecule has 1 N–H and O–H groups in total. The molecule has 2 unspecified atom stereocenters. The molecule has 2 aliphatic heterocycles. The highest BCUT2D eigenvalue weighted by Crippen LogP contribution is 2.43. The Morgan fingerprint density at radius 2 is 1.86 bits per heavy atom. The molecule has 0 aromatic rings. The predicted molar refractivity (Wildman–Crippen MR) is 115 cm³/mol. The van der Waals surface area contributed by atoms with Gasteiger partial charge in [0, 0.05) is 57.2 Å². The van der Waals surface area contributed by atoms with Gasteiger partial charge in [-0.05, 0) is 25.7 Å². The summed E-state index contributed by atoms with van der Waals surface area (Å²) in [6.45, 7) is 12.2. The van der Waals surface area contributed by atoms with E-state index in [9.17, 15) is 4.79 Å². The van der Waals surface area contributed by atoms with Crippen molar-refractivity contribution in [2.45, 2.75) is 65.0 Å². The molecule has 7 nitrogen and oxygen atoms in total. The molecule has 3 rings (SSSR count). The van der Waals surface area contributed by atoms with Gasteiger partial charge in [-0.1, -0.05) is 27.2 Å². The number of likely N-dealkylation sites (tertiary alicyclic amines) is 1. The molecule has 0 aromatic heterocycles. The number of hydrogen-bond donors (Lipinski definition) is 1. The number of carbonyl (C=O) groups excluding carboxylic acids is 1. The molecule has 0 spiro atoms. The number of morpholine rings is 1. The van der Waals surface area contributed by atoms with Crippen LogP contribution in [0.2, 0.25) is 0 Å². The summed E-state index contributed by atoms with van der Waals surface area (Å²) in [5, 5.41) is 3.67. The second-order valence-electron chi connectivity index (χ2n) is 9.21. The van der Waals surface area contributed by atoms with Crippen LogP contribution in [0.15, 0.2) is 4.99 Å². The fraction of sp³-hybridized carbons (Fsp3) is 0.909.